The number of epoxide rings is 1. The molecule has 0 spiro atoms. The molecule has 0 saturated carbocycles. The van der Waals surface area contributed by atoms with E-state index < -0.39 is 30.4 Å². The maximum Gasteiger partial charge on any atom is 0.330 e. The fourth-order valence-electron chi connectivity index (χ4n) is 5.04. The van der Waals surface area contributed by atoms with Gasteiger partial charge in [0, 0.05) is 24.3 Å². The van der Waals surface area contributed by atoms with Crippen molar-refractivity contribution in [2.45, 2.75) is 128 Å². The molecule has 9 heteroatoms. The Morgan fingerprint density at radius 3 is 2.24 bits per heavy atom. The lowest BCUT2D eigenvalue weighted by molar-refractivity contribution is -0.165. The molecule has 2 fully saturated rings. The van der Waals surface area contributed by atoms with Crippen LogP contribution in [0.1, 0.15) is 91.4 Å². The van der Waals surface area contributed by atoms with Gasteiger partial charge >= 0.3 is 11.9 Å². The number of methoxy groups -OCH3 is 1. The van der Waals surface area contributed by atoms with Gasteiger partial charge in [0.15, 0.2) is 0 Å². The molecule has 0 amide bonds. The molecule has 2 aliphatic rings. The van der Waals surface area contributed by atoms with E-state index in [2.05, 4.69) is 4.74 Å². The van der Waals surface area contributed by atoms with E-state index in [1.54, 1.807) is 13.8 Å². The van der Waals surface area contributed by atoms with Crippen molar-refractivity contribution in [2.75, 3.05) is 20.3 Å². The summed E-state index contributed by atoms with van der Waals surface area (Å²) in [4.78, 5) is 23.2. The van der Waals surface area contributed by atoms with Gasteiger partial charge in [-0.25, -0.2) is 4.79 Å². The van der Waals surface area contributed by atoms with Crippen molar-refractivity contribution in [1.82, 2.24) is 0 Å². The van der Waals surface area contributed by atoms with Gasteiger partial charge in [-0.1, -0.05) is 51.0 Å². The predicted octanol–water partition coefficient (Wildman–Crippen LogP) is 3.46. The standard InChI is InChI=1S/C29H50O9/c1-19(16-26(32)36-14-12-10-8-6-5-7-9-11-13-25(31)35-4)15-23-28(34)27(33)22(18-37-23)17-24-29(38-24)20(2)21(3)30/h16,20-24,27-30,33-34H,5-15,17-18H2,1-4H3/b19-16+/t20-,21-,22-,23-,24-,27+,28-,29-/m0/s1. The molecule has 0 aromatic heterocycles. The molecule has 3 N–H and O–H groups in total. The summed E-state index contributed by atoms with van der Waals surface area (Å²) in [6.07, 6.45) is 7.99. The minimum atomic E-state index is -1.05. The lowest BCUT2D eigenvalue weighted by Gasteiger charge is -2.38. The molecular weight excluding hydrogens is 492 g/mol. The van der Waals surface area contributed by atoms with Crippen molar-refractivity contribution < 1.29 is 43.9 Å². The molecule has 0 aliphatic carbocycles. The van der Waals surface area contributed by atoms with E-state index in [4.69, 9.17) is 14.2 Å². The van der Waals surface area contributed by atoms with Gasteiger partial charge in [0.05, 0.1) is 50.8 Å². The number of ether oxygens (including phenoxy) is 4. The van der Waals surface area contributed by atoms with Crippen LogP contribution < -0.4 is 0 Å². The van der Waals surface area contributed by atoms with Crippen LogP contribution in [0, 0.1) is 11.8 Å². The van der Waals surface area contributed by atoms with Crippen LogP contribution in [0.4, 0.5) is 0 Å². The van der Waals surface area contributed by atoms with Crippen LogP contribution in [0.15, 0.2) is 11.6 Å². The summed E-state index contributed by atoms with van der Waals surface area (Å²) < 4.78 is 21.5. The van der Waals surface area contributed by atoms with E-state index in [-0.39, 0.29) is 30.0 Å². The number of rotatable bonds is 18. The van der Waals surface area contributed by atoms with Crippen LogP contribution in [0.3, 0.4) is 0 Å². The van der Waals surface area contributed by atoms with Crippen LogP contribution in [-0.2, 0) is 28.5 Å². The molecule has 220 valence electrons. The molecule has 9 nitrogen and oxygen atoms in total. The average molecular weight is 543 g/mol. The summed E-state index contributed by atoms with van der Waals surface area (Å²) in [5, 5.41) is 31.0. The van der Waals surface area contributed by atoms with Gasteiger partial charge < -0.3 is 34.3 Å². The maximum absolute atomic E-state index is 12.1. The summed E-state index contributed by atoms with van der Waals surface area (Å²) >= 11 is 0. The normalized spacial score (nSPS) is 29.0. The summed E-state index contributed by atoms with van der Waals surface area (Å²) in [7, 11) is 1.42. The first-order valence-corrected chi connectivity index (χ1v) is 14.4. The van der Waals surface area contributed by atoms with Crippen molar-refractivity contribution in [3.63, 3.8) is 0 Å². The van der Waals surface area contributed by atoms with Crippen LogP contribution >= 0.6 is 0 Å². The first-order valence-electron chi connectivity index (χ1n) is 14.4. The fraction of sp³-hybridized carbons (Fsp3) is 0.862. The number of aliphatic hydroxyl groups is 3. The van der Waals surface area contributed by atoms with Crippen molar-refractivity contribution >= 4 is 11.9 Å². The van der Waals surface area contributed by atoms with E-state index in [0.717, 1.165) is 56.9 Å². The molecule has 2 aliphatic heterocycles. The second-order valence-electron chi connectivity index (χ2n) is 11.1. The zero-order valence-electron chi connectivity index (χ0n) is 23.7. The highest BCUT2D eigenvalue weighted by Crippen LogP contribution is 2.38. The van der Waals surface area contributed by atoms with E-state index >= 15 is 0 Å². The number of hydrogen-bond donors (Lipinski definition) is 3. The number of carbonyl (C=O) groups is 2. The Bertz CT molecular complexity index is 738. The Hall–Kier alpha value is -1.52. The van der Waals surface area contributed by atoms with Crippen molar-refractivity contribution in [3.05, 3.63) is 11.6 Å². The molecule has 38 heavy (non-hydrogen) atoms. The quantitative estimate of drug-likeness (QED) is 0.103. The van der Waals surface area contributed by atoms with Crippen LogP contribution in [0.5, 0.6) is 0 Å². The monoisotopic (exact) mass is 542 g/mol. The van der Waals surface area contributed by atoms with Gasteiger partial charge in [-0.3, -0.25) is 4.79 Å². The molecule has 2 heterocycles. The van der Waals surface area contributed by atoms with Crippen LogP contribution in [0.25, 0.3) is 0 Å². The number of carbonyl (C=O) groups excluding carboxylic acids is 2. The lowest BCUT2D eigenvalue weighted by atomic mass is 9.85. The third-order valence-electron chi connectivity index (χ3n) is 7.81. The Balaban J connectivity index is 1.55. The molecule has 0 radical (unpaired) electrons. The summed E-state index contributed by atoms with van der Waals surface area (Å²) in [6.45, 7) is 6.16. The molecule has 0 aromatic rings. The summed E-state index contributed by atoms with van der Waals surface area (Å²) in [6, 6.07) is 0. The van der Waals surface area contributed by atoms with Crippen molar-refractivity contribution in [2.24, 2.45) is 11.8 Å². The number of hydrogen-bond acceptors (Lipinski definition) is 9. The second-order valence-corrected chi connectivity index (χ2v) is 11.1. The Morgan fingerprint density at radius 2 is 1.61 bits per heavy atom. The number of aliphatic hydroxyl groups excluding tert-OH is 3. The first kappa shape index (κ1) is 32.7. The second kappa shape index (κ2) is 17.2. The van der Waals surface area contributed by atoms with E-state index in [1.807, 2.05) is 6.92 Å². The highest BCUT2D eigenvalue weighted by molar-refractivity contribution is 5.82. The molecular formula is C29H50O9. The number of esters is 2. The van der Waals surface area contributed by atoms with Gasteiger partial charge in [0.1, 0.15) is 6.10 Å². The average Bonchev–Trinajstić information content (AvgIpc) is 3.65. The Kier molecular flexibility index (Phi) is 14.8. The number of unbranched alkanes of at least 4 members (excludes halogenated alkanes) is 7. The highest BCUT2D eigenvalue weighted by Gasteiger charge is 2.48. The zero-order chi connectivity index (χ0) is 28.1. The molecule has 2 rings (SSSR count). The van der Waals surface area contributed by atoms with Crippen LogP contribution in [0.2, 0.25) is 0 Å². The third-order valence-corrected chi connectivity index (χ3v) is 7.81. The van der Waals surface area contributed by atoms with E-state index in [9.17, 15) is 24.9 Å². The van der Waals surface area contributed by atoms with Gasteiger partial charge in [0.2, 0.25) is 0 Å². The highest BCUT2D eigenvalue weighted by atomic mass is 16.6. The molecule has 0 bridgehead atoms. The van der Waals surface area contributed by atoms with Gasteiger partial charge in [-0.05, 0) is 39.5 Å². The van der Waals surface area contributed by atoms with E-state index in [1.165, 1.54) is 13.2 Å². The molecule has 0 aromatic carbocycles. The summed E-state index contributed by atoms with van der Waals surface area (Å²) in [5.41, 5.74) is 0.730. The van der Waals surface area contributed by atoms with E-state index in [0.29, 0.717) is 32.5 Å². The molecule has 2 saturated heterocycles. The molecule has 0 unspecified atom stereocenters. The zero-order valence-corrected chi connectivity index (χ0v) is 23.7. The minimum absolute atomic E-state index is 0.0215. The van der Waals surface area contributed by atoms with Gasteiger partial charge in [0.25, 0.3) is 0 Å². The Morgan fingerprint density at radius 1 is 0.974 bits per heavy atom. The minimum Gasteiger partial charge on any atom is -0.469 e. The summed E-state index contributed by atoms with van der Waals surface area (Å²) in [5.74, 6) is -0.762. The SMILES string of the molecule is COC(=O)CCCCCCCCCCOC(=O)/C=C(\C)C[C@@H]1OC[C@H](C[C@@H]2O[C@H]2[C@@H](C)[C@H](C)O)[C@@H](O)[C@H]1O. The molecule has 8 atom stereocenters. The van der Waals surface area contributed by atoms with Crippen molar-refractivity contribution in [3.8, 4) is 0 Å². The van der Waals surface area contributed by atoms with Gasteiger partial charge in [-0.15, -0.1) is 0 Å². The topological polar surface area (TPSA) is 135 Å². The predicted molar refractivity (Wildman–Crippen MR) is 142 cm³/mol. The maximum atomic E-state index is 12.1. The van der Waals surface area contributed by atoms with Crippen LogP contribution in [-0.4, -0.2) is 84.2 Å². The Labute approximate surface area is 227 Å². The first-order chi connectivity index (χ1) is 18.1. The van der Waals surface area contributed by atoms with Gasteiger partial charge in [-0.2, -0.15) is 0 Å². The largest absolute Gasteiger partial charge is 0.469 e. The lowest BCUT2D eigenvalue weighted by Crippen LogP contribution is -2.50. The van der Waals surface area contributed by atoms with Crippen molar-refractivity contribution in [1.29, 1.82) is 0 Å². The fourth-order valence-corrected chi connectivity index (χ4v) is 5.04. The smallest absolute Gasteiger partial charge is 0.330 e. The third kappa shape index (κ3) is 11.7.